The molecule has 0 fully saturated rings. The number of halogens is 1. The van der Waals surface area contributed by atoms with E-state index in [2.05, 4.69) is 46.6 Å². The number of aromatic nitrogens is 1. The van der Waals surface area contributed by atoms with Crippen molar-refractivity contribution in [3.8, 4) is 10.6 Å². The van der Waals surface area contributed by atoms with E-state index in [0.29, 0.717) is 0 Å². The quantitative estimate of drug-likeness (QED) is 0.732. The molecule has 0 N–H and O–H groups in total. The van der Waals surface area contributed by atoms with Crippen LogP contribution >= 0.6 is 33.9 Å². The second-order valence-electron chi connectivity index (χ2n) is 2.73. The summed E-state index contributed by atoms with van der Waals surface area (Å²) < 4.78 is 1.11. The molecule has 0 radical (unpaired) electrons. The lowest BCUT2D eigenvalue weighted by Gasteiger charge is -1.92. The fourth-order valence-corrected chi connectivity index (χ4v) is 2.63. The lowest BCUT2D eigenvalue weighted by atomic mass is 10.2. The van der Waals surface area contributed by atoms with E-state index in [9.17, 15) is 0 Å². The average Bonchev–Trinajstić information content (AvgIpc) is 2.49. The van der Waals surface area contributed by atoms with Crippen LogP contribution in [0, 0.1) is 10.6 Å². The van der Waals surface area contributed by atoms with Crippen molar-refractivity contribution < 1.29 is 0 Å². The zero-order valence-corrected chi connectivity index (χ0v) is 10.1. The van der Waals surface area contributed by atoms with Gasteiger partial charge in [0.2, 0.25) is 0 Å². The van der Waals surface area contributed by atoms with E-state index in [1.165, 1.54) is 10.4 Å². The van der Waals surface area contributed by atoms with Gasteiger partial charge in [0, 0.05) is 10.4 Å². The molecule has 2 rings (SSSR count). The minimum atomic E-state index is 1.11. The SMILES string of the molecule is Cc1sc(-c2ccccc2)nc1I. The molecule has 13 heavy (non-hydrogen) atoms. The number of hydrogen-bond acceptors (Lipinski definition) is 2. The van der Waals surface area contributed by atoms with E-state index in [0.717, 1.165) is 8.71 Å². The van der Waals surface area contributed by atoms with Gasteiger partial charge in [-0.05, 0) is 29.5 Å². The third kappa shape index (κ3) is 1.91. The monoisotopic (exact) mass is 301 g/mol. The number of hydrogen-bond donors (Lipinski definition) is 0. The average molecular weight is 301 g/mol. The third-order valence-electron chi connectivity index (χ3n) is 1.76. The van der Waals surface area contributed by atoms with Gasteiger partial charge in [-0.1, -0.05) is 30.3 Å². The van der Waals surface area contributed by atoms with Gasteiger partial charge in [0.25, 0.3) is 0 Å². The summed E-state index contributed by atoms with van der Waals surface area (Å²) in [6.07, 6.45) is 0. The fraction of sp³-hybridized carbons (Fsp3) is 0.100. The van der Waals surface area contributed by atoms with Crippen molar-refractivity contribution in [1.82, 2.24) is 4.98 Å². The van der Waals surface area contributed by atoms with Crippen LogP contribution in [0.25, 0.3) is 10.6 Å². The summed E-state index contributed by atoms with van der Waals surface area (Å²) in [6, 6.07) is 10.3. The van der Waals surface area contributed by atoms with Crippen LogP contribution in [-0.4, -0.2) is 4.98 Å². The van der Waals surface area contributed by atoms with E-state index >= 15 is 0 Å². The summed E-state index contributed by atoms with van der Waals surface area (Å²) in [5.41, 5.74) is 1.21. The second kappa shape index (κ2) is 3.75. The first-order valence-electron chi connectivity index (χ1n) is 3.96. The molecular weight excluding hydrogens is 293 g/mol. The zero-order chi connectivity index (χ0) is 9.26. The lowest BCUT2D eigenvalue weighted by Crippen LogP contribution is -1.75. The molecule has 1 aromatic heterocycles. The van der Waals surface area contributed by atoms with Gasteiger partial charge in [-0.2, -0.15) is 0 Å². The normalized spacial score (nSPS) is 10.3. The molecule has 0 aliphatic rings. The Hall–Kier alpha value is -0.420. The zero-order valence-electron chi connectivity index (χ0n) is 7.12. The van der Waals surface area contributed by atoms with Crippen LogP contribution in [0.15, 0.2) is 30.3 Å². The van der Waals surface area contributed by atoms with Gasteiger partial charge in [-0.15, -0.1) is 11.3 Å². The first-order chi connectivity index (χ1) is 6.27. The molecule has 2 aromatic rings. The van der Waals surface area contributed by atoms with E-state index in [-0.39, 0.29) is 0 Å². The van der Waals surface area contributed by atoms with Gasteiger partial charge < -0.3 is 0 Å². The molecule has 0 saturated carbocycles. The first-order valence-corrected chi connectivity index (χ1v) is 5.85. The molecular formula is C10H8INS. The number of thiazole rings is 1. The highest BCUT2D eigenvalue weighted by Crippen LogP contribution is 2.27. The highest BCUT2D eigenvalue weighted by molar-refractivity contribution is 14.1. The highest BCUT2D eigenvalue weighted by Gasteiger charge is 2.05. The molecule has 0 saturated heterocycles. The van der Waals surface area contributed by atoms with Crippen LogP contribution in [0.3, 0.4) is 0 Å². The summed E-state index contributed by atoms with van der Waals surface area (Å²) >= 11 is 4.02. The van der Waals surface area contributed by atoms with E-state index in [1.807, 2.05) is 18.2 Å². The second-order valence-corrected chi connectivity index (χ2v) is 4.96. The van der Waals surface area contributed by atoms with Crippen LogP contribution in [0.4, 0.5) is 0 Å². The Balaban J connectivity index is 2.48. The van der Waals surface area contributed by atoms with Gasteiger partial charge in [0.1, 0.15) is 8.71 Å². The predicted octanol–water partition coefficient (Wildman–Crippen LogP) is 3.72. The predicted molar refractivity (Wildman–Crippen MR) is 65.0 cm³/mol. The molecule has 0 amide bonds. The van der Waals surface area contributed by atoms with Gasteiger partial charge in [-0.25, -0.2) is 4.98 Å². The van der Waals surface area contributed by atoms with E-state index < -0.39 is 0 Å². The Morgan fingerprint density at radius 3 is 2.46 bits per heavy atom. The number of rotatable bonds is 1. The molecule has 1 nitrogen and oxygen atoms in total. The van der Waals surface area contributed by atoms with Crippen molar-refractivity contribution in [3.63, 3.8) is 0 Å². The van der Waals surface area contributed by atoms with Crippen LogP contribution < -0.4 is 0 Å². The largest absolute Gasteiger partial charge is 0.230 e. The topological polar surface area (TPSA) is 12.9 Å². The molecule has 1 heterocycles. The fourth-order valence-electron chi connectivity index (χ4n) is 1.08. The van der Waals surface area contributed by atoms with E-state index in [1.54, 1.807) is 11.3 Å². The van der Waals surface area contributed by atoms with E-state index in [4.69, 9.17) is 0 Å². The van der Waals surface area contributed by atoms with Gasteiger partial charge in [0.15, 0.2) is 0 Å². The van der Waals surface area contributed by atoms with Crippen molar-refractivity contribution in [1.29, 1.82) is 0 Å². The molecule has 0 aliphatic carbocycles. The molecule has 0 unspecified atom stereocenters. The molecule has 0 aliphatic heterocycles. The van der Waals surface area contributed by atoms with Crippen LogP contribution in [0.5, 0.6) is 0 Å². The van der Waals surface area contributed by atoms with Crippen LogP contribution in [-0.2, 0) is 0 Å². The van der Waals surface area contributed by atoms with Gasteiger partial charge in [-0.3, -0.25) is 0 Å². The first kappa shape index (κ1) is 9.15. The molecule has 0 spiro atoms. The Labute approximate surface area is 95.0 Å². The van der Waals surface area contributed by atoms with Crippen LogP contribution in [0.1, 0.15) is 4.88 Å². The Bertz CT molecular complexity index is 389. The van der Waals surface area contributed by atoms with Crippen LogP contribution in [0.2, 0.25) is 0 Å². The summed E-state index contributed by atoms with van der Waals surface area (Å²) in [5.74, 6) is 0. The molecule has 0 bridgehead atoms. The smallest absolute Gasteiger partial charge is 0.124 e. The Morgan fingerprint density at radius 1 is 1.23 bits per heavy atom. The molecule has 1 aromatic carbocycles. The number of benzene rings is 1. The summed E-state index contributed by atoms with van der Waals surface area (Å²) in [4.78, 5) is 5.78. The summed E-state index contributed by atoms with van der Waals surface area (Å²) in [7, 11) is 0. The highest BCUT2D eigenvalue weighted by atomic mass is 127. The minimum Gasteiger partial charge on any atom is -0.230 e. The maximum absolute atomic E-state index is 4.49. The Morgan fingerprint density at radius 2 is 1.92 bits per heavy atom. The lowest BCUT2D eigenvalue weighted by molar-refractivity contribution is 1.32. The van der Waals surface area contributed by atoms with Crippen molar-refractivity contribution in [2.24, 2.45) is 0 Å². The summed E-state index contributed by atoms with van der Waals surface area (Å²) in [5, 5.41) is 1.11. The summed E-state index contributed by atoms with van der Waals surface area (Å²) in [6.45, 7) is 2.10. The molecule has 66 valence electrons. The number of nitrogens with zero attached hydrogens (tertiary/aromatic N) is 1. The molecule has 3 heteroatoms. The minimum absolute atomic E-state index is 1.11. The van der Waals surface area contributed by atoms with Crippen molar-refractivity contribution in [2.75, 3.05) is 0 Å². The third-order valence-corrected chi connectivity index (χ3v) is 4.20. The van der Waals surface area contributed by atoms with Crippen molar-refractivity contribution in [2.45, 2.75) is 6.92 Å². The maximum Gasteiger partial charge on any atom is 0.124 e. The number of aryl methyl sites for hydroxylation is 1. The van der Waals surface area contributed by atoms with Crippen molar-refractivity contribution >= 4 is 33.9 Å². The van der Waals surface area contributed by atoms with Gasteiger partial charge in [0.05, 0.1) is 0 Å². The molecule has 0 atom stereocenters. The Kier molecular flexibility index (Phi) is 2.64. The van der Waals surface area contributed by atoms with Gasteiger partial charge >= 0.3 is 0 Å². The van der Waals surface area contributed by atoms with Crippen molar-refractivity contribution in [3.05, 3.63) is 38.9 Å². The standard InChI is InChI=1S/C10H8INS/c1-7-9(11)12-10(13-7)8-5-3-2-4-6-8/h2-6H,1H3. The maximum atomic E-state index is 4.49.